The Morgan fingerprint density at radius 1 is 1.44 bits per heavy atom. The molecule has 2 N–H and O–H groups in total. The van der Waals surface area contributed by atoms with Gasteiger partial charge in [-0.15, -0.1) is 5.10 Å². The van der Waals surface area contributed by atoms with Crippen LogP contribution in [0.1, 0.15) is 25.7 Å². The Balaban J connectivity index is 1.65. The molecule has 1 aromatic rings. The Morgan fingerprint density at radius 3 is 3.00 bits per heavy atom. The summed E-state index contributed by atoms with van der Waals surface area (Å²) in [5, 5.41) is 14.3. The molecule has 0 radical (unpaired) electrons. The van der Waals surface area contributed by atoms with Gasteiger partial charge in [0.2, 0.25) is 5.89 Å². The monoisotopic (exact) mass is 254 g/mol. The molecule has 18 heavy (non-hydrogen) atoms. The Labute approximate surface area is 107 Å². The number of ether oxygens (including phenoxy) is 1. The molecule has 102 valence electrons. The van der Waals surface area contributed by atoms with E-state index in [2.05, 4.69) is 27.8 Å². The first-order chi connectivity index (χ1) is 8.79. The molecule has 1 aromatic heterocycles. The largest absolute Gasteiger partial charge is 0.407 e. The first-order valence-corrected chi connectivity index (χ1v) is 6.55. The number of nitrogens with one attached hydrogen (secondary N) is 2. The molecule has 1 atom stereocenters. The van der Waals surface area contributed by atoms with Crippen molar-refractivity contribution in [2.45, 2.75) is 26.3 Å². The molecule has 1 aliphatic carbocycles. The highest BCUT2D eigenvalue weighted by atomic mass is 16.5. The lowest BCUT2D eigenvalue weighted by molar-refractivity contribution is 0.198. The van der Waals surface area contributed by atoms with E-state index < -0.39 is 0 Å². The van der Waals surface area contributed by atoms with Crippen LogP contribution in [0, 0.1) is 11.8 Å². The van der Waals surface area contributed by atoms with Gasteiger partial charge in [-0.25, -0.2) is 0 Å². The van der Waals surface area contributed by atoms with Gasteiger partial charge >= 0.3 is 6.01 Å². The summed E-state index contributed by atoms with van der Waals surface area (Å²) in [6.45, 7) is 5.20. The van der Waals surface area contributed by atoms with Gasteiger partial charge in [-0.3, -0.25) is 0 Å². The maximum Gasteiger partial charge on any atom is 0.315 e. The van der Waals surface area contributed by atoms with E-state index in [1.54, 1.807) is 7.11 Å². The molecule has 1 heterocycles. The number of anilines is 1. The van der Waals surface area contributed by atoms with E-state index in [0.717, 1.165) is 19.0 Å². The third kappa shape index (κ3) is 4.27. The van der Waals surface area contributed by atoms with Crippen LogP contribution in [-0.4, -0.2) is 37.0 Å². The van der Waals surface area contributed by atoms with Gasteiger partial charge in [0.1, 0.15) is 0 Å². The predicted molar refractivity (Wildman–Crippen MR) is 68.3 cm³/mol. The van der Waals surface area contributed by atoms with Crippen molar-refractivity contribution in [3.05, 3.63) is 5.89 Å². The second kappa shape index (κ2) is 6.70. The maximum absolute atomic E-state index is 5.48. The van der Waals surface area contributed by atoms with Crippen molar-refractivity contribution < 1.29 is 9.15 Å². The molecule has 0 bridgehead atoms. The predicted octanol–water partition coefficient (Wildman–Crippen LogP) is 1.26. The van der Waals surface area contributed by atoms with E-state index in [1.807, 2.05) is 0 Å². The minimum absolute atomic E-state index is 0.519. The van der Waals surface area contributed by atoms with Crippen LogP contribution in [0.2, 0.25) is 0 Å². The van der Waals surface area contributed by atoms with Crippen molar-refractivity contribution in [2.75, 3.05) is 32.1 Å². The van der Waals surface area contributed by atoms with Gasteiger partial charge in [0, 0.05) is 20.2 Å². The van der Waals surface area contributed by atoms with Crippen LogP contribution in [0.25, 0.3) is 0 Å². The maximum atomic E-state index is 5.48. The van der Waals surface area contributed by atoms with Crippen LogP contribution >= 0.6 is 0 Å². The molecule has 0 aromatic carbocycles. The van der Waals surface area contributed by atoms with Crippen molar-refractivity contribution >= 4 is 6.01 Å². The summed E-state index contributed by atoms with van der Waals surface area (Å²) in [6.07, 6.45) is 2.72. The first-order valence-electron chi connectivity index (χ1n) is 6.55. The fourth-order valence-corrected chi connectivity index (χ4v) is 1.85. The molecular weight excluding hydrogens is 232 g/mol. The van der Waals surface area contributed by atoms with Crippen molar-refractivity contribution in [3.8, 4) is 0 Å². The highest BCUT2D eigenvalue weighted by Crippen LogP contribution is 2.36. The van der Waals surface area contributed by atoms with Crippen LogP contribution in [0.4, 0.5) is 6.01 Å². The number of hydrogen-bond donors (Lipinski definition) is 2. The lowest BCUT2D eigenvalue weighted by Crippen LogP contribution is -2.18. The zero-order valence-electron chi connectivity index (χ0n) is 11.1. The molecule has 0 amide bonds. The molecule has 2 rings (SSSR count). The van der Waals surface area contributed by atoms with E-state index in [4.69, 9.17) is 9.15 Å². The van der Waals surface area contributed by atoms with E-state index in [0.29, 0.717) is 31.0 Å². The summed E-state index contributed by atoms with van der Waals surface area (Å²) in [6, 6.07) is 0.519. The third-order valence-corrected chi connectivity index (χ3v) is 3.23. The van der Waals surface area contributed by atoms with Crippen LogP contribution in [0.15, 0.2) is 4.42 Å². The Morgan fingerprint density at radius 2 is 2.28 bits per heavy atom. The molecule has 6 nitrogen and oxygen atoms in total. The molecule has 1 fully saturated rings. The summed E-state index contributed by atoms with van der Waals surface area (Å²) in [7, 11) is 1.68. The van der Waals surface area contributed by atoms with Gasteiger partial charge in [-0.2, -0.15) is 0 Å². The first kappa shape index (κ1) is 13.3. The minimum atomic E-state index is 0.519. The summed E-state index contributed by atoms with van der Waals surface area (Å²) in [4.78, 5) is 0. The van der Waals surface area contributed by atoms with Crippen molar-refractivity contribution in [3.63, 3.8) is 0 Å². The molecule has 0 aliphatic heterocycles. The zero-order chi connectivity index (χ0) is 12.8. The zero-order valence-corrected chi connectivity index (χ0v) is 11.1. The average molecular weight is 254 g/mol. The van der Waals surface area contributed by atoms with Crippen molar-refractivity contribution in [1.29, 1.82) is 0 Å². The van der Waals surface area contributed by atoms with Crippen LogP contribution in [0.5, 0.6) is 0 Å². The number of rotatable bonds is 9. The fourth-order valence-electron chi connectivity index (χ4n) is 1.85. The summed E-state index contributed by atoms with van der Waals surface area (Å²) in [5.74, 6) is 2.17. The van der Waals surface area contributed by atoms with Crippen LogP contribution in [-0.2, 0) is 11.3 Å². The molecule has 0 spiro atoms. The van der Waals surface area contributed by atoms with E-state index in [9.17, 15) is 0 Å². The van der Waals surface area contributed by atoms with E-state index >= 15 is 0 Å². The highest BCUT2D eigenvalue weighted by Gasteiger charge is 2.27. The second-order valence-electron chi connectivity index (χ2n) is 4.87. The number of methoxy groups -OCH3 is 1. The SMILES string of the molecule is COCCNCc1nnc(NCC(C)C2CC2)o1. The average Bonchev–Trinajstić information content (AvgIpc) is 3.13. The van der Waals surface area contributed by atoms with Gasteiger partial charge in [0.25, 0.3) is 0 Å². The van der Waals surface area contributed by atoms with Crippen molar-refractivity contribution in [2.24, 2.45) is 11.8 Å². The van der Waals surface area contributed by atoms with Gasteiger partial charge in [-0.1, -0.05) is 12.0 Å². The molecule has 1 aliphatic rings. The lowest BCUT2D eigenvalue weighted by Gasteiger charge is -2.08. The molecule has 0 saturated heterocycles. The summed E-state index contributed by atoms with van der Waals surface area (Å²) in [5.41, 5.74) is 0. The lowest BCUT2D eigenvalue weighted by atomic mass is 10.1. The summed E-state index contributed by atoms with van der Waals surface area (Å²) < 4.78 is 10.4. The second-order valence-corrected chi connectivity index (χ2v) is 4.87. The van der Waals surface area contributed by atoms with Crippen LogP contribution < -0.4 is 10.6 Å². The normalized spacial score (nSPS) is 16.8. The summed E-state index contributed by atoms with van der Waals surface area (Å²) >= 11 is 0. The van der Waals surface area contributed by atoms with Gasteiger partial charge in [-0.05, 0) is 24.7 Å². The van der Waals surface area contributed by atoms with Gasteiger partial charge in [0.15, 0.2) is 0 Å². The topological polar surface area (TPSA) is 72.2 Å². The molecule has 6 heteroatoms. The highest BCUT2D eigenvalue weighted by molar-refractivity contribution is 5.17. The van der Waals surface area contributed by atoms with Gasteiger partial charge < -0.3 is 19.8 Å². The molecular formula is C12H22N4O2. The Bertz CT molecular complexity index is 352. The molecule has 1 unspecified atom stereocenters. The number of hydrogen-bond acceptors (Lipinski definition) is 6. The van der Waals surface area contributed by atoms with Crippen molar-refractivity contribution in [1.82, 2.24) is 15.5 Å². The van der Waals surface area contributed by atoms with Gasteiger partial charge in [0.05, 0.1) is 13.2 Å². The van der Waals surface area contributed by atoms with E-state index in [1.165, 1.54) is 12.8 Å². The minimum Gasteiger partial charge on any atom is -0.407 e. The number of nitrogens with zero attached hydrogens (tertiary/aromatic N) is 2. The van der Waals surface area contributed by atoms with E-state index in [-0.39, 0.29) is 0 Å². The van der Waals surface area contributed by atoms with Crippen LogP contribution in [0.3, 0.4) is 0 Å². The fraction of sp³-hybridized carbons (Fsp3) is 0.833. The Kier molecular flexibility index (Phi) is 4.95. The number of aromatic nitrogens is 2. The smallest absolute Gasteiger partial charge is 0.315 e. The standard InChI is InChI=1S/C12H22N4O2/c1-9(10-3-4-10)7-14-12-16-15-11(18-12)8-13-5-6-17-2/h9-10,13H,3-8H2,1-2H3,(H,14,16). The Hall–Kier alpha value is -1.14. The molecule has 1 saturated carbocycles. The third-order valence-electron chi connectivity index (χ3n) is 3.23. The quantitative estimate of drug-likeness (QED) is 0.646.